The van der Waals surface area contributed by atoms with Crippen LogP contribution in [0, 0.1) is 32.1 Å². The van der Waals surface area contributed by atoms with E-state index in [1.54, 1.807) is 99.6 Å². The Morgan fingerprint density at radius 1 is 0.373 bits per heavy atom. The van der Waals surface area contributed by atoms with Crippen molar-refractivity contribution in [3.8, 4) is 50.8 Å². The topological polar surface area (TPSA) is 33.6 Å². The SMILES string of the molecule is Cc1cc(-c2ccc3c(c2)c2ccccc2n3-c2cc(-c3cc(C)cc(C(F)(F)F)c3)c(-n3c4ccccc4c4cc(-c5cc(C)cc(C(F)(F)F)c5)ccc43)cc2C#N)cc(C(F)(F)F)c1. The molecule has 12 heteroatoms. The second kappa shape index (κ2) is 15.4. The molecule has 332 valence electrons. The molecule has 0 saturated carbocycles. The monoisotopic (exact) mass is 907 g/mol. The quantitative estimate of drug-likeness (QED) is 0.158. The van der Waals surface area contributed by atoms with E-state index >= 15 is 0 Å². The van der Waals surface area contributed by atoms with E-state index in [-0.39, 0.29) is 11.1 Å². The van der Waals surface area contributed by atoms with Gasteiger partial charge in [-0.1, -0.05) is 66.7 Å². The number of aryl methyl sites for hydroxylation is 3. The lowest BCUT2D eigenvalue weighted by Crippen LogP contribution is -2.07. The molecule has 0 aliphatic rings. The number of fused-ring (bicyclic) bond motifs is 6. The van der Waals surface area contributed by atoms with E-state index in [1.807, 2.05) is 45.5 Å². The van der Waals surface area contributed by atoms with Crippen LogP contribution in [0.3, 0.4) is 0 Å². The first-order valence-corrected chi connectivity index (χ1v) is 21.0. The molecule has 0 aliphatic carbocycles. The van der Waals surface area contributed by atoms with Crippen LogP contribution in [-0.4, -0.2) is 9.13 Å². The Labute approximate surface area is 377 Å². The van der Waals surface area contributed by atoms with Crippen molar-refractivity contribution in [2.24, 2.45) is 0 Å². The first-order valence-electron chi connectivity index (χ1n) is 21.0. The van der Waals surface area contributed by atoms with Crippen molar-refractivity contribution in [2.45, 2.75) is 39.3 Å². The van der Waals surface area contributed by atoms with Crippen molar-refractivity contribution < 1.29 is 39.5 Å². The van der Waals surface area contributed by atoms with E-state index < -0.39 is 35.2 Å². The van der Waals surface area contributed by atoms with E-state index in [0.29, 0.717) is 94.1 Å². The first-order chi connectivity index (χ1) is 31.8. The highest BCUT2D eigenvalue weighted by Crippen LogP contribution is 2.44. The lowest BCUT2D eigenvalue weighted by molar-refractivity contribution is -0.138. The van der Waals surface area contributed by atoms with E-state index in [2.05, 4.69) is 6.07 Å². The molecule has 10 rings (SSSR count). The van der Waals surface area contributed by atoms with Crippen LogP contribution in [0.1, 0.15) is 38.9 Å². The second-order valence-electron chi connectivity index (χ2n) is 16.9. The van der Waals surface area contributed by atoms with E-state index in [9.17, 15) is 44.8 Å². The minimum atomic E-state index is -4.70. The summed E-state index contributed by atoms with van der Waals surface area (Å²) in [6.07, 6.45) is -13.8. The number of nitriles is 1. The predicted octanol–water partition coefficient (Wildman–Crippen LogP) is 16.7. The smallest absolute Gasteiger partial charge is 0.309 e. The standard InChI is InChI=1S/C55H34F9N3/c1-30-16-35(22-39(19-30)53(56,57)58)33-12-14-49-45(25-33)42-8-4-6-10-47(42)66(49)51-28-44(37-18-32(3)21-41(24-37)55(62,63)64)52(27-38(51)29-65)67-48-11-7-5-9-43(48)46-26-34(13-15-50(46)67)36-17-31(2)20-40(23-36)54(59,60)61/h4-28H,1-3H3. The van der Waals surface area contributed by atoms with Crippen molar-refractivity contribution >= 4 is 43.6 Å². The van der Waals surface area contributed by atoms with Crippen LogP contribution < -0.4 is 0 Å². The van der Waals surface area contributed by atoms with Gasteiger partial charge in [0.1, 0.15) is 6.07 Å². The van der Waals surface area contributed by atoms with Gasteiger partial charge in [0, 0.05) is 27.1 Å². The highest BCUT2D eigenvalue weighted by Gasteiger charge is 2.34. The first kappa shape index (κ1) is 43.1. The molecule has 0 N–H and O–H groups in total. The molecule has 0 aliphatic heterocycles. The summed E-state index contributed by atoms with van der Waals surface area (Å²) in [6.45, 7) is 4.75. The molecule has 0 fully saturated rings. The summed E-state index contributed by atoms with van der Waals surface area (Å²) in [4.78, 5) is 0. The van der Waals surface area contributed by atoms with Gasteiger partial charge in [-0.2, -0.15) is 44.8 Å². The maximum absolute atomic E-state index is 14.6. The molecule has 0 saturated heterocycles. The number of hydrogen-bond acceptors (Lipinski definition) is 1. The van der Waals surface area contributed by atoms with Gasteiger partial charge in [0.15, 0.2) is 0 Å². The largest absolute Gasteiger partial charge is 0.416 e. The molecule has 0 radical (unpaired) electrons. The summed E-state index contributed by atoms with van der Waals surface area (Å²) in [5, 5.41) is 13.8. The number of halogens is 9. The van der Waals surface area contributed by atoms with E-state index in [4.69, 9.17) is 0 Å². The Hall–Kier alpha value is -7.78. The third kappa shape index (κ3) is 7.54. The summed E-state index contributed by atoms with van der Waals surface area (Å²) in [6, 6.07) is 42.3. The summed E-state index contributed by atoms with van der Waals surface area (Å²) >= 11 is 0. The van der Waals surface area contributed by atoms with Crippen molar-refractivity contribution in [3.05, 3.63) is 191 Å². The van der Waals surface area contributed by atoms with Gasteiger partial charge in [0.05, 0.1) is 55.7 Å². The number of rotatable bonds is 5. The Bertz CT molecular complexity index is 3710. The van der Waals surface area contributed by atoms with Crippen molar-refractivity contribution in [2.75, 3.05) is 0 Å². The fraction of sp³-hybridized carbons (Fsp3) is 0.109. The highest BCUT2D eigenvalue weighted by atomic mass is 19.4. The van der Waals surface area contributed by atoms with Crippen molar-refractivity contribution in [1.29, 1.82) is 5.26 Å². The van der Waals surface area contributed by atoms with Crippen LogP contribution in [0.2, 0.25) is 0 Å². The van der Waals surface area contributed by atoms with Gasteiger partial charge in [-0.15, -0.1) is 0 Å². The number of nitrogens with zero attached hydrogens (tertiary/aromatic N) is 3. The molecule has 0 spiro atoms. The normalized spacial score (nSPS) is 12.5. The Kier molecular flexibility index (Phi) is 9.92. The van der Waals surface area contributed by atoms with Gasteiger partial charge < -0.3 is 9.13 Å². The molecule has 3 nitrogen and oxygen atoms in total. The number of alkyl halides is 9. The fourth-order valence-electron chi connectivity index (χ4n) is 9.42. The average Bonchev–Trinajstić information content (AvgIpc) is 3.79. The molecule has 0 atom stereocenters. The maximum atomic E-state index is 14.6. The maximum Gasteiger partial charge on any atom is 0.416 e. The lowest BCUT2D eigenvalue weighted by Gasteiger charge is -2.20. The van der Waals surface area contributed by atoms with Gasteiger partial charge in [0.25, 0.3) is 0 Å². The number of aromatic nitrogens is 2. The summed E-state index contributed by atoms with van der Waals surface area (Å²) < 4.78 is 131. The number of benzene rings is 8. The molecule has 67 heavy (non-hydrogen) atoms. The van der Waals surface area contributed by atoms with Crippen molar-refractivity contribution in [3.63, 3.8) is 0 Å². The zero-order valence-corrected chi connectivity index (χ0v) is 35.7. The van der Waals surface area contributed by atoms with Crippen LogP contribution in [0.25, 0.3) is 88.4 Å². The second-order valence-corrected chi connectivity index (χ2v) is 16.9. The van der Waals surface area contributed by atoms with E-state index in [0.717, 1.165) is 41.8 Å². The molecule has 2 heterocycles. The van der Waals surface area contributed by atoms with Crippen LogP contribution in [-0.2, 0) is 18.5 Å². The van der Waals surface area contributed by atoms with Gasteiger partial charge >= 0.3 is 18.5 Å². The lowest BCUT2D eigenvalue weighted by atomic mass is 9.95. The van der Waals surface area contributed by atoms with E-state index in [1.165, 1.54) is 0 Å². The molecular weight excluding hydrogens is 874 g/mol. The Balaban J connectivity index is 1.25. The zero-order chi connectivity index (χ0) is 47.3. The van der Waals surface area contributed by atoms with Gasteiger partial charge in [-0.25, -0.2) is 0 Å². The van der Waals surface area contributed by atoms with Gasteiger partial charge in [-0.3, -0.25) is 0 Å². The van der Waals surface area contributed by atoms with Crippen LogP contribution in [0.15, 0.2) is 152 Å². The highest BCUT2D eigenvalue weighted by molar-refractivity contribution is 6.12. The van der Waals surface area contributed by atoms with Crippen LogP contribution >= 0.6 is 0 Å². The molecular formula is C55H34F9N3. The number of hydrogen-bond donors (Lipinski definition) is 0. The summed E-state index contributed by atoms with van der Waals surface area (Å²) in [7, 11) is 0. The molecule has 0 bridgehead atoms. The third-order valence-electron chi connectivity index (χ3n) is 12.3. The fourth-order valence-corrected chi connectivity index (χ4v) is 9.42. The molecule has 0 amide bonds. The Morgan fingerprint density at radius 3 is 1.19 bits per heavy atom. The van der Waals surface area contributed by atoms with Crippen LogP contribution in [0.5, 0.6) is 0 Å². The average molecular weight is 908 g/mol. The molecule has 2 aromatic heterocycles. The summed E-state index contributed by atoms with van der Waals surface area (Å²) in [5.41, 5.74) is 4.36. The molecule has 8 aromatic carbocycles. The molecule has 10 aromatic rings. The predicted molar refractivity (Wildman–Crippen MR) is 245 cm³/mol. The Morgan fingerprint density at radius 2 is 0.761 bits per heavy atom. The summed E-state index contributed by atoms with van der Waals surface area (Å²) in [5.74, 6) is 0. The van der Waals surface area contributed by atoms with Crippen LogP contribution in [0.4, 0.5) is 39.5 Å². The van der Waals surface area contributed by atoms with Gasteiger partial charge in [0.2, 0.25) is 0 Å². The molecule has 0 unspecified atom stereocenters. The van der Waals surface area contributed by atoms with Gasteiger partial charge in [-0.05, 0) is 150 Å². The minimum Gasteiger partial charge on any atom is -0.309 e. The minimum absolute atomic E-state index is 0.157. The zero-order valence-electron chi connectivity index (χ0n) is 35.7. The third-order valence-corrected chi connectivity index (χ3v) is 12.3. The van der Waals surface area contributed by atoms with Crippen molar-refractivity contribution in [1.82, 2.24) is 9.13 Å². The number of para-hydroxylation sites is 2.